The summed E-state index contributed by atoms with van der Waals surface area (Å²) in [4.78, 5) is 2.15. The zero-order valence-corrected chi connectivity index (χ0v) is 9.07. The first-order valence-corrected chi connectivity index (χ1v) is 7.57. The molecule has 6 heteroatoms. The van der Waals surface area contributed by atoms with Crippen molar-refractivity contribution in [2.24, 2.45) is 3.95 Å². The Morgan fingerprint density at radius 2 is 2.56 bits per heavy atom. The second-order valence-electron chi connectivity index (χ2n) is 1.22. The van der Waals surface area contributed by atoms with Gasteiger partial charge in [0.25, 0.3) is 0 Å². The normalized spacial score (nSPS) is 10.9. The van der Waals surface area contributed by atoms with Gasteiger partial charge < -0.3 is 0 Å². The molecule has 1 rings (SSSR count). The minimum atomic E-state index is -0.415. The zero-order chi connectivity index (χ0) is 6.69. The topological polar surface area (TPSA) is 56.7 Å². The number of rotatable bonds is 2. The molecule has 1 heterocycles. The Balaban J connectivity index is 2.74. The van der Waals surface area contributed by atoms with Crippen molar-refractivity contribution in [2.75, 3.05) is 4.93 Å². The van der Waals surface area contributed by atoms with Crippen LogP contribution in [0.25, 0.3) is 0 Å². The Bertz CT molecular complexity index is 167. The maximum atomic E-state index is 5.40. The van der Waals surface area contributed by atoms with Crippen LogP contribution < -0.4 is 46.9 Å². The van der Waals surface area contributed by atoms with Gasteiger partial charge in [-0.05, 0) is 0 Å². The van der Waals surface area contributed by atoms with E-state index >= 15 is 0 Å². The van der Waals surface area contributed by atoms with E-state index < -0.39 is 21.8 Å². The van der Waals surface area contributed by atoms with Crippen LogP contribution in [0.3, 0.4) is 0 Å². The van der Waals surface area contributed by atoms with Crippen LogP contribution in [-0.2, 0) is 0 Å². The molecule has 0 saturated heterocycles. The van der Waals surface area contributed by atoms with E-state index in [0.29, 0.717) is 0 Å². The van der Waals surface area contributed by atoms with Crippen molar-refractivity contribution >= 4 is 0 Å². The molecule has 0 radical (unpaired) electrons. The van der Waals surface area contributed by atoms with Crippen LogP contribution in [-0.4, -0.2) is 18.1 Å². The van der Waals surface area contributed by atoms with E-state index in [1.54, 1.807) is 2.90 Å². The first-order valence-electron chi connectivity index (χ1n) is 2.12. The van der Waals surface area contributed by atoms with Gasteiger partial charge in [-0.3, -0.25) is 0 Å². The Morgan fingerprint density at radius 3 is 2.89 bits per heavy atom. The van der Waals surface area contributed by atoms with E-state index in [2.05, 4.69) is 15.2 Å². The Labute approximate surface area is 74.4 Å². The average molecular weight is 352 g/mol. The number of aromatic nitrogens is 3. The number of halogens is 2. The van der Waals surface area contributed by atoms with Crippen molar-refractivity contribution in [3.8, 4) is 0 Å². The summed E-state index contributed by atoms with van der Waals surface area (Å²) in [5.41, 5.74) is 0. The summed E-state index contributed by atoms with van der Waals surface area (Å²) in [5.74, 6) is 0. The second kappa shape index (κ2) is 3.66. The van der Waals surface area contributed by atoms with Crippen molar-refractivity contribution in [1.29, 1.82) is 0 Å². The summed E-state index contributed by atoms with van der Waals surface area (Å²) >= 11 is -0.324. The van der Waals surface area contributed by atoms with Gasteiger partial charge in [0.1, 0.15) is 0 Å². The van der Waals surface area contributed by atoms with Gasteiger partial charge >= 0.3 is 74.9 Å². The molecule has 4 nitrogen and oxygen atoms in total. The summed E-state index contributed by atoms with van der Waals surface area (Å²) in [6.07, 6.45) is 1.94. The third kappa shape index (κ3) is 2.00. The van der Waals surface area contributed by atoms with Crippen LogP contribution in [0.5, 0.6) is 0 Å². The molecule has 0 aliphatic rings. The van der Waals surface area contributed by atoms with Gasteiger partial charge in [-0.25, -0.2) is 0 Å². The van der Waals surface area contributed by atoms with Gasteiger partial charge in [-0.2, -0.15) is 0 Å². The van der Waals surface area contributed by atoms with E-state index in [1.807, 2.05) is 6.20 Å². The molecule has 0 unspecified atom stereocenters. The van der Waals surface area contributed by atoms with Crippen molar-refractivity contribution in [3.05, 3.63) is 9.90 Å². The standard InChI is InChI=1S/C3H6I2N4/c1-4-3-2-9(5-6)8-7-3/h2H,6H2,1H3/q-2. The van der Waals surface area contributed by atoms with Gasteiger partial charge in [-0.1, -0.05) is 0 Å². The Hall–Kier alpha value is 0.560. The number of hydrogen-bond acceptors (Lipinski definition) is 3. The van der Waals surface area contributed by atoms with Crippen LogP contribution in [0.1, 0.15) is 0 Å². The molecule has 0 aliphatic carbocycles. The second-order valence-corrected chi connectivity index (χ2v) is 4.95. The quantitative estimate of drug-likeness (QED) is 0.327. The molecule has 0 spiro atoms. The molecule has 0 aromatic carbocycles. The van der Waals surface area contributed by atoms with E-state index in [1.165, 1.54) is 0 Å². The summed E-state index contributed by atoms with van der Waals surface area (Å²) < 4.78 is 8.27. The maximum absolute atomic E-state index is 5.40. The fourth-order valence-electron chi connectivity index (χ4n) is 0.359. The monoisotopic (exact) mass is 352 g/mol. The first kappa shape index (κ1) is 7.66. The van der Waals surface area contributed by atoms with Crippen LogP contribution in [0.2, 0.25) is 0 Å². The predicted octanol–water partition coefficient (Wildman–Crippen LogP) is -7.11. The van der Waals surface area contributed by atoms with Gasteiger partial charge in [-0.15, -0.1) is 0 Å². The summed E-state index contributed by atoms with van der Waals surface area (Å²) in [5, 5.41) is 7.74. The van der Waals surface area contributed by atoms with E-state index in [4.69, 9.17) is 3.95 Å². The van der Waals surface area contributed by atoms with Crippen molar-refractivity contribution in [3.63, 3.8) is 0 Å². The zero-order valence-electron chi connectivity index (χ0n) is 4.75. The predicted molar refractivity (Wildman–Crippen MR) is 24.2 cm³/mol. The molecular weight excluding hydrogens is 346 g/mol. The minimum absolute atomic E-state index is 0.0917. The molecule has 9 heavy (non-hydrogen) atoms. The van der Waals surface area contributed by atoms with Crippen LogP contribution in [0, 0.1) is 3.70 Å². The summed E-state index contributed by atoms with van der Waals surface area (Å²) in [6, 6.07) is 0. The molecule has 0 saturated carbocycles. The first-order chi connectivity index (χ1) is 4.36. The Morgan fingerprint density at radius 1 is 1.78 bits per heavy atom. The van der Waals surface area contributed by atoms with Crippen LogP contribution in [0.15, 0.2) is 6.20 Å². The molecule has 0 amide bonds. The van der Waals surface area contributed by atoms with Crippen molar-refractivity contribution in [2.45, 2.75) is 0 Å². The number of nitrogens with zero attached hydrogens (tertiary/aromatic N) is 3. The summed E-state index contributed by atoms with van der Waals surface area (Å²) in [6.45, 7) is 0. The van der Waals surface area contributed by atoms with Crippen LogP contribution in [0.4, 0.5) is 0 Å². The third-order valence-electron chi connectivity index (χ3n) is 0.732. The Kier molecular flexibility index (Phi) is 3.12. The van der Waals surface area contributed by atoms with Crippen LogP contribution >= 0.6 is 0 Å². The molecular formula is C3H6I2N4-2. The van der Waals surface area contributed by atoms with Crippen molar-refractivity contribution in [1.82, 2.24) is 13.2 Å². The van der Waals surface area contributed by atoms with Gasteiger partial charge in [0.15, 0.2) is 0 Å². The number of alkyl halides is 1. The van der Waals surface area contributed by atoms with Crippen molar-refractivity contribution < 1.29 is 43.0 Å². The van der Waals surface area contributed by atoms with Gasteiger partial charge in [0.2, 0.25) is 0 Å². The summed E-state index contributed by atoms with van der Waals surface area (Å²) in [7, 11) is 0. The number of nitrogens with two attached hydrogens (primary N) is 1. The molecule has 54 valence electrons. The molecule has 2 N–H and O–H groups in total. The fraction of sp³-hybridized carbons (Fsp3) is 0.333. The fourth-order valence-corrected chi connectivity index (χ4v) is 2.38. The average Bonchev–Trinajstić information content (AvgIpc) is 2.34. The molecule has 0 aliphatic heterocycles. The van der Waals surface area contributed by atoms with Gasteiger partial charge in [0.05, 0.1) is 0 Å². The molecule has 1 aromatic heterocycles. The van der Waals surface area contributed by atoms with E-state index in [9.17, 15) is 0 Å². The molecule has 1 aromatic rings. The van der Waals surface area contributed by atoms with Gasteiger partial charge in [0, 0.05) is 0 Å². The van der Waals surface area contributed by atoms with E-state index in [0.717, 1.165) is 3.70 Å². The third-order valence-corrected chi connectivity index (χ3v) is 3.37. The molecule has 0 atom stereocenters. The SMILES string of the molecule is C[I-]c1cn([I-]N)nn1. The number of hydrogen-bond donors (Lipinski definition) is 1. The van der Waals surface area contributed by atoms with E-state index in [-0.39, 0.29) is 21.2 Å². The molecule has 0 fully saturated rings. The molecule has 0 bridgehead atoms.